The summed E-state index contributed by atoms with van der Waals surface area (Å²) in [4.78, 5) is 158. The van der Waals surface area contributed by atoms with E-state index in [1.165, 1.54) is 0 Å². The minimum absolute atomic E-state index is 0.0440. The van der Waals surface area contributed by atoms with Crippen molar-refractivity contribution in [3.63, 3.8) is 0 Å². The van der Waals surface area contributed by atoms with Crippen molar-refractivity contribution in [2.75, 3.05) is 6.54 Å². The first kappa shape index (κ1) is 57.4. The highest BCUT2D eigenvalue weighted by atomic mass is 16.4. The van der Waals surface area contributed by atoms with Crippen LogP contribution in [0.15, 0.2) is 60.7 Å². The van der Waals surface area contributed by atoms with Crippen LogP contribution in [0.4, 0.5) is 0 Å². The van der Waals surface area contributed by atoms with Crippen molar-refractivity contribution in [3.05, 3.63) is 71.8 Å². The van der Waals surface area contributed by atoms with Gasteiger partial charge in [-0.25, -0.2) is 0 Å². The van der Waals surface area contributed by atoms with E-state index in [-0.39, 0.29) is 38.0 Å². The van der Waals surface area contributed by atoms with Crippen LogP contribution in [0.1, 0.15) is 89.2 Å². The minimum atomic E-state index is -1.92. The molecule has 13 N–H and O–H groups in total. The largest absolute Gasteiger partial charge is 0.481 e. The number of carboxylic acids is 3. The number of hydrogen-bond acceptors (Lipinski definition) is 12. The van der Waals surface area contributed by atoms with Crippen LogP contribution in [-0.4, -0.2) is 135 Å². The van der Waals surface area contributed by atoms with Gasteiger partial charge in [0.25, 0.3) is 0 Å². The lowest BCUT2D eigenvalue weighted by Gasteiger charge is -2.27. The van der Waals surface area contributed by atoms with Crippen molar-refractivity contribution in [2.45, 2.75) is 133 Å². The number of hydrogen-bond donors (Lipinski definition) is 12. The molecule has 0 aromatic heterocycles. The Balaban J connectivity index is 2.11. The molecule has 0 aliphatic carbocycles. The van der Waals surface area contributed by atoms with Gasteiger partial charge in [0, 0.05) is 19.3 Å². The highest BCUT2D eigenvalue weighted by Gasteiger charge is 2.35. The van der Waals surface area contributed by atoms with Crippen LogP contribution in [-0.2, 0) is 70.4 Å². The van der Waals surface area contributed by atoms with Crippen LogP contribution in [0.2, 0.25) is 0 Å². The van der Waals surface area contributed by atoms with Gasteiger partial charge >= 0.3 is 17.9 Å². The normalized spacial score (nSPS) is 22.8. The molecule has 7 atom stereocenters. The Morgan fingerprint density at radius 2 is 0.930 bits per heavy atom. The number of nitrogens with one attached hydrogen (secondary N) is 8. The smallest absolute Gasteiger partial charge is 0.305 e. The number of carbonyl (C=O) groups is 12. The Morgan fingerprint density at radius 1 is 0.521 bits per heavy atom. The topological polar surface area (TPSA) is 388 Å². The van der Waals surface area contributed by atoms with E-state index in [1.807, 2.05) is 0 Å². The summed E-state index contributed by atoms with van der Waals surface area (Å²) >= 11 is 0. The minimum Gasteiger partial charge on any atom is -0.481 e. The molecule has 0 saturated carbocycles. The van der Waals surface area contributed by atoms with E-state index < -0.39 is 165 Å². The summed E-state index contributed by atoms with van der Waals surface area (Å²) in [5, 5.41) is 47.8. The zero-order valence-corrected chi connectivity index (χ0v) is 39.4. The molecule has 1 aliphatic rings. The van der Waals surface area contributed by atoms with Crippen LogP contribution >= 0.6 is 0 Å². The summed E-state index contributed by atoms with van der Waals surface area (Å²) in [5.41, 5.74) is 7.10. The summed E-state index contributed by atoms with van der Waals surface area (Å²) in [5.74, 6) is -13.8. The fourth-order valence-corrected chi connectivity index (χ4v) is 7.33. The van der Waals surface area contributed by atoms with Crippen LogP contribution in [0.3, 0.4) is 0 Å². The van der Waals surface area contributed by atoms with E-state index in [9.17, 15) is 72.9 Å². The van der Waals surface area contributed by atoms with E-state index in [4.69, 9.17) is 5.73 Å². The maximum absolute atomic E-state index is 14.2. The second kappa shape index (κ2) is 29.2. The molecule has 71 heavy (non-hydrogen) atoms. The number of carboxylic acid groups (broad SMARTS) is 3. The lowest BCUT2D eigenvalue weighted by molar-refractivity contribution is -0.141. The number of aryl methyl sites for hydroxylation is 2. The van der Waals surface area contributed by atoms with Crippen molar-refractivity contribution in [1.29, 1.82) is 0 Å². The Bertz CT molecular complexity index is 2230. The first-order valence-electron chi connectivity index (χ1n) is 23.0. The molecule has 0 unspecified atom stereocenters. The van der Waals surface area contributed by atoms with Gasteiger partial charge in [0.05, 0.1) is 13.0 Å². The summed E-state index contributed by atoms with van der Waals surface area (Å²) in [6, 6.07) is 6.44. The Hall–Kier alpha value is -7.92. The molecule has 1 saturated heterocycles. The van der Waals surface area contributed by atoms with Gasteiger partial charge in [0.2, 0.25) is 53.2 Å². The van der Waals surface area contributed by atoms with Crippen LogP contribution in [0.5, 0.6) is 0 Å². The van der Waals surface area contributed by atoms with Crippen LogP contribution in [0.25, 0.3) is 0 Å². The molecular weight excluding hydrogens is 931 g/mol. The van der Waals surface area contributed by atoms with E-state index in [1.54, 1.807) is 74.5 Å². The molecule has 1 heterocycles. The van der Waals surface area contributed by atoms with Crippen LogP contribution in [0, 0.1) is 5.92 Å². The molecular formula is C47H63N9O15. The van der Waals surface area contributed by atoms with Gasteiger partial charge < -0.3 is 63.6 Å². The van der Waals surface area contributed by atoms with Crippen molar-refractivity contribution in [3.8, 4) is 0 Å². The summed E-state index contributed by atoms with van der Waals surface area (Å²) in [6.07, 6.45) is -4.28. The van der Waals surface area contributed by atoms with E-state index in [2.05, 4.69) is 42.5 Å². The number of aliphatic carboxylic acids is 3. The molecule has 24 heteroatoms. The molecule has 386 valence electrons. The van der Waals surface area contributed by atoms with Gasteiger partial charge in [-0.2, -0.15) is 0 Å². The number of primary amides is 1. The molecule has 0 radical (unpaired) electrons. The number of benzene rings is 2. The molecule has 1 fully saturated rings. The zero-order chi connectivity index (χ0) is 52.6. The predicted octanol–water partition coefficient (Wildman–Crippen LogP) is -1.71. The lowest BCUT2D eigenvalue weighted by atomic mass is 10.0. The third kappa shape index (κ3) is 21.5. The number of amides is 9. The average Bonchev–Trinajstić information content (AvgIpc) is 3.31. The van der Waals surface area contributed by atoms with Gasteiger partial charge in [-0.15, -0.1) is 0 Å². The van der Waals surface area contributed by atoms with Gasteiger partial charge in [-0.05, 0) is 68.4 Å². The Kier molecular flexibility index (Phi) is 23.6. The molecule has 0 spiro atoms. The van der Waals surface area contributed by atoms with Crippen LogP contribution < -0.4 is 48.3 Å². The monoisotopic (exact) mass is 993 g/mol. The van der Waals surface area contributed by atoms with Gasteiger partial charge in [0.15, 0.2) is 0 Å². The van der Waals surface area contributed by atoms with E-state index in [0.717, 1.165) is 11.1 Å². The highest BCUT2D eigenvalue weighted by molar-refractivity contribution is 5.98. The molecule has 9 amide bonds. The third-order valence-corrected chi connectivity index (χ3v) is 11.1. The van der Waals surface area contributed by atoms with Gasteiger partial charge in [-0.3, -0.25) is 57.5 Å². The molecule has 2 aromatic rings. The fourth-order valence-electron chi connectivity index (χ4n) is 7.33. The lowest BCUT2D eigenvalue weighted by Crippen LogP contribution is -2.59. The van der Waals surface area contributed by atoms with E-state index in [0.29, 0.717) is 0 Å². The Morgan fingerprint density at radius 3 is 1.39 bits per heavy atom. The zero-order valence-electron chi connectivity index (χ0n) is 39.4. The highest BCUT2D eigenvalue weighted by Crippen LogP contribution is 2.12. The van der Waals surface area contributed by atoms with Crippen molar-refractivity contribution >= 4 is 71.1 Å². The third-order valence-electron chi connectivity index (χ3n) is 11.1. The molecule has 0 bridgehead atoms. The SMILES string of the molecule is CC(C)C[C@@H]1NC(=O)CNC(=O)[C@H](CCC(=O)O)NC(=O)[C@H](CC(=O)O)NC(=O)[C@H](CCc2ccccc2)NC(=O)[C@H](CCc2ccccc2)NC(=O)CC[C@@H](C(N)=O)NC(=O)[C@H](CCC(=O)O)NC1=O. The number of rotatable bonds is 17. The first-order valence-corrected chi connectivity index (χ1v) is 23.0. The quantitative estimate of drug-likeness (QED) is 0.0840. The molecule has 3 rings (SSSR count). The van der Waals surface area contributed by atoms with Crippen molar-refractivity contribution < 1.29 is 72.9 Å². The average molecular weight is 994 g/mol. The van der Waals surface area contributed by atoms with Crippen molar-refractivity contribution in [1.82, 2.24) is 42.5 Å². The summed E-state index contributed by atoms with van der Waals surface area (Å²) in [7, 11) is 0. The summed E-state index contributed by atoms with van der Waals surface area (Å²) in [6.45, 7) is 2.52. The van der Waals surface area contributed by atoms with Gasteiger partial charge in [0.1, 0.15) is 42.3 Å². The second-order valence-corrected chi connectivity index (χ2v) is 17.3. The fraction of sp³-hybridized carbons (Fsp3) is 0.489. The molecule has 1 aliphatic heterocycles. The Labute approximate surface area is 408 Å². The summed E-state index contributed by atoms with van der Waals surface area (Å²) < 4.78 is 0. The van der Waals surface area contributed by atoms with E-state index >= 15 is 0 Å². The van der Waals surface area contributed by atoms with Gasteiger partial charge in [-0.1, -0.05) is 74.5 Å². The molecule has 24 nitrogen and oxygen atoms in total. The maximum Gasteiger partial charge on any atom is 0.305 e. The maximum atomic E-state index is 14.2. The molecule has 2 aromatic carbocycles. The number of carbonyl (C=O) groups excluding carboxylic acids is 9. The predicted molar refractivity (Wildman–Crippen MR) is 250 cm³/mol. The van der Waals surface area contributed by atoms with Crippen molar-refractivity contribution in [2.24, 2.45) is 11.7 Å². The standard InChI is InChI=1S/C47H63N9O15/c1-26(2)23-34-46(70)55-33(19-22-39(61)62)44(68)52-29(41(48)65)17-20-36(57)50-31(15-13-27-9-5-3-6-10-27)43(67)54-32(16-14-28-11-7-4-8-12-28)45(69)56-35(24-40(63)64)47(71)53-30(18-21-38(59)60)42(66)49-25-37(58)51-34/h3-12,26,29-35H,13-25H2,1-2H3,(H2,48,65)(H,49,66)(H,50,57)(H,51,58)(H,52,68)(H,53,71)(H,54,67)(H,55,70)(H,56,69)(H,59,60)(H,61,62)(H,63,64)/t29-,30-,31-,32-,33-,34-,35-/m0/s1. The number of nitrogens with two attached hydrogens (primary N) is 1. The first-order chi connectivity index (χ1) is 33.6. The second-order valence-electron chi connectivity index (χ2n) is 17.3.